The molecule has 4 aromatic rings. The van der Waals surface area contributed by atoms with Crippen LogP contribution in [-0.2, 0) is 23.9 Å². The molecule has 66 heavy (non-hydrogen) atoms. The van der Waals surface area contributed by atoms with E-state index in [1.165, 1.54) is 31.7 Å². The maximum atomic E-state index is 12.6. The van der Waals surface area contributed by atoms with Crippen molar-refractivity contribution in [2.45, 2.75) is 142 Å². The number of aliphatic hydroxyl groups excluding tert-OH is 2. The van der Waals surface area contributed by atoms with Crippen LogP contribution in [0.3, 0.4) is 0 Å². The quantitative estimate of drug-likeness (QED) is 0.0264. The van der Waals surface area contributed by atoms with E-state index in [-0.39, 0.29) is 31.1 Å². The second-order valence-electron chi connectivity index (χ2n) is 16.4. The maximum absolute atomic E-state index is 12.6. The molecule has 0 unspecified atom stereocenters. The van der Waals surface area contributed by atoms with Gasteiger partial charge in [-0.05, 0) is 130 Å². The summed E-state index contributed by atoms with van der Waals surface area (Å²) in [7, 11) is 0. The number of aryl methyl sites for hydroxylation is 1. The third-order valence-corrected chi connectivity index (χ3v) is 10.6. The van der Waals surface area contributed by atoms with E-state index in [9.17, 15) is 19.2 Å². The maximum Gasteiger partial charge on any atom is 0.343 e. The average Bonchev–Trinajstić information content (AvgIpc) is 3.31. The molecule has 0 saturated heterocycles. The summed E-state index contributed by atoms with van der Waals surface area (Å²) in [6, 6.07) is 25.6. The van der Waals surface area contributed by atoms with Crippen LogP contribution in [-0.4, -0.2) is 73.7 Å². The van der Waals surface area contributed by atoms with Gasteiger partial charge in [-0.1, -0.05) is 94.0 Å². The Bertz CT molecular complexity index is 1940. The molecule has 0 spiro atoms. The van der Waals surface area contributed by atoms with E-state index >= 15 is 0 Å². The van der Waals surface area contributed by atoms with Crippen molar-refractivity contribution in [2.24, 2.45) is 0 Å². The van der Waals surface area contributed by atoms with Gasteiger partial charge in [-0.15, -0.1) is 0 Å². The van der Waals surface area contributed by atoms with Gasteiger partial charge in [0.05, 0.1) is 32.0 Å². The molecule has 0 aliphatic carbocycles. The summed E-state index contributed by atoms with van der Waals surface area (Å²) in [6.07, 6.45) is 18.5. The van der Waals surface area contributed by atoms with Crippen LogP contribution in [0.1, 0.15) is 151 Å². The van der Waals surface area contributed by atoms with Crippen molar-refractivity contribution in [1.29, 1.82) is 0 Å². The highest BCUT2D eigenvalue weighted by atomic mass is 16.5. The smallest absolute Gasteiger partial charge is 0.343 e. The SMILES string of the molecule is CC(=O)Oc1ccc2cc(OC(=O)c3ccc(OCCCCCCCCOC(=O)CCCCCO)cc3)ccc2c1.Cc1ccc(OCCCCCCCCOC(=O)CCCCCO)cc1. The number of fused-ring (bicyclic) bond motifs is 1. The molecule has 12 nitrogen and oxygen atoms in total. The van der Waals surface area contributed by atoms with E-state index in [4.69, 9.17) is 38.6 Å². The van der Waals surface area contributed by atoms with Crippen LogP contribution in [0.4, 0.5) is 0 Å². The van der Waals surface area contributed by atoms with Crippen LogP contribution in [0.25, 0.3) is 10.8 Å². The molecule has 362 valence electrons. The van der Waals surface area contributed by atoms with Crippen molar-refractivity contribution in [3.63, 3.8) is 0 Å². The van der Waals surface area contributed by atoms with Gasteiger partial charge in [-0.25, -0.2) is 4.79 Å². The van der Waals surface area contributed by atoms with Crippen molar-refractivity contribution in [3.05, 3.63) is 96.1 Å². The number of ether oxygens (including phenoxy) is 6. The molecule has 0 fully saturated rings. The predicted molar refractivity (Wildman–Crippen MR) is 257 cm³/mol. The zero-order chi connectivity index (χ0) is 47.5. The summed E-state index contributed by atoms with van der Waals surface area (Å²) in [6.45, 7) is 6.20. The molecule has 4 aromatic carbocycles. The summed E-state index contributed by atoms with van der Waals surface area (Å²) in [5.41, 5.74) is 1.68. The summed E-state index contributed by atoms with van der Waals surface area (Å²) < 4.78 is 32.6. The standard InChI is InChI=1S/C33H40O8.C21H34O4/c1-25(35)40-30-18-14-28-24-31(19-15-27(28)23-30)41-33(37)26-12-16-29(17-13-26)38-21-9-4-2-3-5-10-22-39-32(36)11-7-6-8-20-34;1-19-12-14-20(15-13-19)24-17-9-4-2-3-5-10-18-25-21(23)11-7-6-8-16-22/h12-19,23-24,34H,2-11,20-22H2,1H3;12-15,22H,2-11,16-18H2,1H3. The Labute approximate surface area is 392 Å². The monoisotopic (exact) mass is 915 g/mol. The van der Waals surface area contributed by atoms with Crippen LogP contribution in [0, 0.1) is 6.92 Å². The largest absolute Gasteiger partial charge is 0.494 e. The van der Waals surface area contributed by atoms with Crippen LogP contribution >= 0.6 is 0 Å². The molecular formula is C54H74O12. The molecule has 0 saturated carbocycles. The number of unbranched alkanes of at least 4 members (excludes halogenated alkanes) is 14. The van der Waals surface area contributed by atoms with Crippen molar-refractivity contribution >= 4 is 34.6 Å². The summed E-state index contributed by atoms with van der Waals surface area (Å²) in [4.78, 5) is 46.8. The predicted octanol–water partition coefficient (Wildman–Crippen LogP) is 11.6. The van der Waals surface area contributed by atoms with E-state index < -0.39 is 5.97 Å². The normalized spacial score (nSPS) is 10.7. The first kappa shape index (κ1) is 54.9. The van der Waals surface area contributed by atoms with Crippen molar-refractivity contribution < 1.29 is 57.8 Å². The number of benzene rings is 4. The molecular weight excluding hydrogens is 841 g/mol. The average molecular weight is 915 g/mol. The molecule has 0 bridgehead atoms. The van der Waals surface area contributed by atoms with Gasteiger partial charge in [0, 0.05) is 33.0 Å². The summed E-state index contributed by atoms with van der Waals surface area (Å²) >= 11 is 0. The highest BCUT2D eigenvalue weighted by Crippen LogP contribution is 2.26. The Morgan fingerprint density at radius 3 is 1.24 bits per heavy atom. The van der Waals surface area contributed by atoms with E-state index in [0.29, 0.717) is 55.5 Å². The zero-order valence-electron chi connectivity index (χ0n) is 39.4. The number of hydrogen-bond acceptors (Lipinski definition) is 12. The Balaban J connectivity index is 0.000000396. The Morgan fingerprint density at radius 2 is 0.803 bits per heavy atom. The van der Waals surface area contributed by atoms with E-state index in [1.54, 1.807) is 48.5 Å². The molecule has 0 atom stereocenters. The van der Waals surface area contributed by atoms with Gasteiger partial charge in [-0.3, -0.25) is 14.4 Å². The lowest BCUT2D eigenvalue weighted by atomic mass is 10.1. The minimum Gasteiger partial charge on any atom is -0.494 e. The number of carbonyl (C=O) groups excluding carboxylic acids is 4. The van der Waals surface area contributed by atoms with Crippen LogP contribution in [0.2, 0.25) is 0 Å². The first-order valence-electron chi connectivity index (χ1n) is 24.1. The van der Waals surface area contributed by atoms with Gasteiger partial charge < -0.3 is 38.6 Å². The Hall–Kier alpha value is -5.46. The molecule has 0 aromatic heterocycles. The first-order chi connectivity index (χ1) is 32.2. The fraction of sp³-hybridized carbons (Fsp3) is 0.519. The van der Waals surface area contributed by atoms with Gasteiger partial charge in [0.1, 0.15) is 23.0 Å². The highest BCUT2D eigenvalue weighted by molar-refractivity contribution is 5.92. The lowest BCUT2D eigenvalue weighted by Gasteiger charge is -2.09. The fourth-order valence-electron chi connectivity index (χ4n) is 6.82. The van der Waals surface area contributed by atoms with Crippen LogP contribution in [0.5, 0.6) is 23.0 Å². The molecule has 0 radical (unpaired) electrons. The molecule has 0 aliphatic heterocycles. The van der Waals surface area contributed by atoms with E-state index in [0.717, 1.165) is 119 Å². The third kappa shape index (κ3) is 25.9. The summed E-state index contributed by atoms with van der Waals surface area (Å²) in [5.74, 6) is 1.45. The number of hydrogen-bond donors (Lipinski definition) is 2. The van der Waals surface area contributed by atoms with Crippen LogP contribution in [0.15, 0.2) is 84.9 Å². The fourth-order valence-corrected chi connectivity index (χ4v) is 6.82. The number of carbonyl (C=O) groups is 4. The van der Waals surface area contributed by atoms with Crippen molar-refractivity contribution in [1.82, 2.24) is 0 Å². The molecule has 12 heteroatoms. The van der Waals surface area contributed by atoms with Gasteiger partial charge >= 0.3 is 23.9 Å². The molecule has 0 heterocycles. The molecule has 2 N–H and O–H groups in total. The Morgan fingerprint density at radius 1 is 0.424 bits per heavy atom. The lowest BCUT2D eigenvalue weighted by molar-refractivity contribution is -0.144. The van der Waals surface area contributed by atoms with Crippen LogP contribution < -0.4 is 18.9 Å². The zero-order valence-corrected chi connectivity index (χ0v) is 39.4. The lowest BCUT2D eigenvalue weighted by Crippen LogP contribution is -2.08. The number of esters is 4. The minimum absolute atomic E-state index is 0.105. The van der Waals surface area contributed by atoms with Crippen molar-refractivity contribution in [2.75, 3.05) is 39.6 Å². The highest BCUT2D eigenvalue weighted by Gasteiger charge is 2.11. The second kappa shape index (κ2) is 34.8. The van der Waals surface area contributed by atoms with Gasteiger partial charge in [0.15, 0.2) is 0 Å². The third-order valence-electron chi connectivity index (χ3n) is 10.6. The minimum atomic E-state index is -0.458. The number of rotatable bonds is 33. The molecule has 0 amide bonds. The van der Waals surface area contributed by atoms with E-state index in [1.807, 2.05) is 24.3 Å². The summed E-state index contributed by atoms with van der Waals surface area (Å²) in [5, 5.41) is 19.1. The van der Waals surface area contributed by atoms with Gasteiger partial charge in [0.2, 0.25) is 0 Å². The number of aliphatic hydroxyl groups is 2. The molecule has 4 rings (SSSR count). The topological polar surface area (TPSA) is 164 Å². The van der Waals surface area contributed by atoms with Gasteiger partial charge in [0.25, 0.3) is 0 Å². The Kier molecular flexibility index (Phi) is 29.0. The first-order valence-corrected chi connectivity index (χ1v) is 24.1. The van der Waals surface area contributed by atoms with Gasteiger partial charge in [-0.2, -0.15) is 0 Å². The van der Waals surface area contributed by atoms with Crippen molar-refractivity contribution in [3.8, 4) is 23.0 Å². The molecule has 0 aliphatic rings. The second-order valence-corrected chi connectivity index (χ2v) is 16.4. The van der Waals surface area contributed by atoms with E-state index in [2.05, 4.69) is 19.1 Å².